The average Bonchev–Trinajstić information content (AvgIpc) is 3.15. The zero-order valence-corrected chi connectivity index (χ0v) is 19.8. The number of benzene rings is 2. The molecule has 1 heterocycles. The Bertz CT molecular complexity index is 913. The fourth-order valence-electron chi connectivity index (χ4n) is 3.59. The first-order chi connectivity index (χ1) is 15.8. The summed E-state index contributed by atoms with van der Waals surface area (Å²) >= 11 is 1.47. The van der Waals surface area contributed by atoms with E-state index in [1.807, 2.05) is 62.4 Å². The number of ether oxygens (including phenoxy) is 2. The molecule has 1 fully saturated rings. The minimum absolute atomic E-state index is 0.225. The van der Waals surface area contributed by atoms with Crippen LogP contribution in [-0.4, -0.2) is 59.1 Å². The molecular weight excluding hydrogens is 442 g/mol. The largest absolute Gasteiger partial charge is 0.484 e. The second kappa shape index (κ2) is 11.5. The first-order valence-electron chi connectivity index (χ1n) is 10.7. The van der Waals surface area contributed by atoms with Crippen LogP contribution in [0.2, 0.25) is 0 Å². The van der Waals surface area contributed by atoms with Crippen molar-refractivity contribution in [3.05, 3.63) is 66.2 Å². The summed E-state index contributed by atoms with van der Waals surface area (Å²) in [6.07, 6.45) is -1.05. The summed E-state index contributed by atoms with van der Waals surface area (Å²) in [7, 11) is 1.42. The van der Waals surface area contributed by atoms with Gasteiger partial charge in [-0.25, -0.2) is 0 Å². The highest BCUT2D eigenvalue weighted by Gasteiger charge is 2.49. The third kappa shape index (κ3) is 6.94. The van der Waals surface area contributed by atoms with E-state index in [-0.39, 0.29) is 12.5 Å². The van der Waals surface area contributed by atoms with Crippen molar-refractivity contribution in [1.82, 2.24) is 16.0 Å². The molecule has 9 heteroatoms. The Morgan fingerprint density at radius 3 is 2.39 bits per heavy atom. The molecule has 0 spiro atoms. The van der Waals surface area contributed by atoms with E-state index in [1.165, 1.54) is 18.9 Å². The van der Waals surface area contributed by atoms with Gasteiger partial charge in [0.2, 0.25) is 5.91 Å². The van der Waals surface area contributed by atoms with Crippen molar-refractivity contribution < 1.29 is 24.2 Å². The number of carbonyl (C=O) groups is 2. The lowest BCUT2D eigenvalue weighted by atomic mass is 10.0. The smallest absolute Gasteiger partial charge is 0.258 e. The Balaban J connectivity index is 1.69. The zero-order valence-electron chi connectivity index (χ0n) is 19.0. The maximum Gasteiger partial charge on any atom is 0.258 e. The van der Waals surface area contributed by atoms with Gasteiger partial charge in [0, 0.05) is 18.4 Å². The summed E-state index contributed by atoms with van der Waals surface area (Å²) in [5.41, 5.74) is 0.948. The Kier molecular flexibility index (Phi) is 8.74. The lowest BCUT2D eigenvalue weighted by Gasteiger charge is -2.28. The molecule has 178 valence electrons. The molecular formula is C24H31N3O5S. The highest BCUT2D eigenvalue weighted by molar-refractivity contribution is 8.01. The predicted molar refractivity (Wildman–Crippen MR) is 128 cm³/mol. The summed E-state index contributed by atoms with van der Waals surface area (Å²) in [5, 5.41) is 18.7. The number of methoxy groups -OCH3 is 1. The summed E-state index contributed by atoms with van der Waals surface area (Å²) in [5.74, 6) is -0.189. The van der Waals surface area contributed by atoms with E-state index in [4.69, 9.17) is 9.47 Å². The molecule has 1 unspecified atom stereocenters. The van der Waals surface area contributed by atoms with Crippen molar-refractivity contribution in [2.24, 2.45) is 0 Å². The number of rotatable bonds is 10. The van der Waals surface area contributed by atoms with Gasteiger partial charge in [-0.15, -0.1) is 11.8 Å². The normalized spacial score (nSPS) is 21.1. The van der Waals surface area contributed by atoms with Crippen molar-refractivity contribution >= 4 is 23.6 Å². The summed E-state index contributed by atoms with van der Waals surface area (Å²) in [4.78, 5) is 25.8. The van der Waals surface area contributed by atoms with Crippen LogP contribution in [0, 0.1) is 0 Å². The molecule has 8 nitrogen and oxygen atoms in total. The zero-order chi connectivity index (χ0) is 23.8. The molecule has 0 radical (unpaired) electrons. The summed E-state index contributed by atoms with van der Waals surface area (Å²) < 4.78 is 10.2. The second-order valence-electron chi connectivity index (χ2n) is 8.26. The fourth-order valence-corrected chi connectivity index (χ4v) is 5.12. The molecule has 2 aromatic rings. The van der Waals surface area contributed by atoms with E-state index < -0.39 is 34.4 Å². The molecule has 2 aromatic carbocycles. The molecule has 33 heavy (non-hydrogen) atoms. The van der Waals surface area contributed by atoms with Gasteiger partial charge in [-0.2, -0.15) is 0 Å². The van der Waals surface area contributed by atoms with Crippen LogP contribution in [0.5, 0.6) is 5.75 Å². The van der Waals surface area contributed by atoms with E-state index in [9.17, 15) is 14.7 Å². The Hall–Kier alpha value is -2.59. The molecule has 0 aromatic heterocycles. The van der Waals surface area contributed by atoms with Crippen LogP contribution >= 0.6 is 11.8 Å². The minimum atomic E-state index is -1.05. The van der Waals surface area contributed by atoms with Crippen LogP contribution in [0.3, 0.4) is 0 Å². The lowest BCUT2D eigenvalue weighted by molar-refractivity contribution is -0.130. The number of para-hydroxylation sites is 1. The molecule has 1 aliphatic rings. The third-order valence-corrected chi connectivity index (χ3v) is 6.90. The Labute approximate surface area is 198 Å². The van der Waals surface area contributed by atoms with Crippen molar-refractivity contribution in [1.29, 1.82) is 0 Å². The van der Waals surface area contributed by atoms with Gasteiger partial charge in [0.05, 0.1) is 11.4 Å². The molecule has 4 N–H and O–H groups in total. The van der Waals surface area contributed by atoms with E-state index in [0.717, 1.165) is 5.56 Å². The Morgan fingerprint density at radius 2 is 1.76 bits per heavy atom. The Morgan fingerprint density at radius 1 is 1.12 bits per heavy atom. The number of amides is 2. The minimum Gasteiger partial charge on any atom is -0.484 e. The molecule has 1 saturated heterocycles. The predicted octanol–water partition coefficient (Wildman–Crippen LogP) is 1.64. The van der Waals surface area contributed by atoms with Gasteiger partial charge in [-0.1, -0.05) is 48.5 Å². The average molecular weight is 474 g/mol. The summed E-state index contributed by atoms with van der Waals surface area (Å²) in [6, 6.07) is 17.2. The van der Waals surface area contributed by atoms with E-state index in [2.05, 4.69) is 16.0 Å². The summed E-state index contributed by atoms with van der Waals surface area (Å²) in [6.45, 7) is 4.02. The number of nitrogens with one attached hydrogen (secondary N) is 3. The number of thioether (sulfide) groups is 1. The van der Waals surface area contributed by atoms with E-state index >= 15 is 0 Å². The number of aliphatic hydroxyl groups excluding tert-OH is 1. The fraction of sp³-hybridized carbons (Fsp3) is 0.417. The van der Waals surface area contributed by atoms with Gasteiger partial charge in [0.1, 0.15) is 11.8 Å². The lowest BCUT2D eigenvalue weighted by Crippen LogP contribution is -2.58. The van der Waals surface area contributed by atoms with Gasteiger partial charge in [-0.3, -0.25) is 14.9 Å². The SMILES string of the molecule is COC(O)[C@@H]1N[C@@H]([C@H](NC(=O)COc2ccccc2)C(=O)NCc2ccccc2)SC1(C)C. The highest BCUT2D eigenvalue weighted by Crippen LogP contribution is 2.40. The standard InChI is InChI=1S/C24H31N3O5S/c1-24(2)20(23(30)31-3)27-22(33-24)19(21(29)25-14-16-10-6-4-7-11-16)26-18(28)15-32-17-12-8-5-9-13-17/h4-13,19-20,22-23,27,30H,14-15H2,1-3H3,(H,25,29)(H,26,28)/t19-,20+,22-,23?/m1/s1. The molecule has 2 amide bonds. The molecule has 0 aliphatic carbocycles. The molecule has 4 atom stereocenters. The number of aliphatic hydroxyl groups is 1. The topological polar surface area (TPSA) is 109 Å². The van der Waals surface area contributed by atoms with Gasteiger partial charge in [-0.05, 0) is 31.5 Å². The van der Waals surface area contributed by atoms with Gasteiger partial charge in [0.15, 0.2) is 12.9 Å². The van der Waals surface area contributed by atoms with Crippen LogP contribution in [0.15, 0.2) is 60.7 Å². The molecule has 1 aliphatic heterocycles. The van der Waals surface area contributed by atoms with E-state index in [1.54, 1.807) is 12.1 Å². The van der Waals surface area contributed by atoms with Crippen molar-refractivity contribution in [3.8, 4) is 5.75 Å². The van der Waals surface area contributed by atoms with Crippen LogP contribution < -0.4 is 20.7 Å². The van der Waals surface area contributed by atoms with Crippen molar-refractivity contribution in [2.75, 3.05) is 13.7 Å². The quantitative estimate of drug-likeness (QED) is 0.389. The monoisotopic (exact) mass is 473 g/mol. The second-order valence-corrected chi connectivity index (χ2v) is 10.1. The maximum atomic E-state index is 13.2. The van der Waals surface area contributed by atoms with Crippen molar-refractivity contribution in [3.63, 3.8) is 0 Å². The molecule has 3 rings (SSSR count). The first kappa shape index (κ1) is 25.0. The van der Waals surface area contributed by atoms with E-state index in [0.29, 0.717) is 12.3 Å². The highest BCUT2D eigenvalue weighted by atomic mass is 32.2. The van der Waals surface area contributed by atoms with Crippen LogP contribution in [-0.2, 0) is 20.9 Å². The van der Waals surface area contributed by atoms with Gasteiger partial charge < -0.3 is 25.2 Å². The third-order valence-electron chi connectivity index (χ3n) is 5.37. The van der Waals surface area contributed by atoms with Crippen molar-refractivity contribution in [2.45, 2.75) is 48.9 Å². The van der Waals surface area contributed by atoms with Crippen LogP contribution in [0.25, 0.3) is 0 Å². The number of carbonyl (C=O) groups excluding carboxylic acids is 2. The van der Waals surface area contributed by atoms with Crippen LogP contribution in [0.1, 0.15) is 19.4 Å². The van der Waals surface area contributed by atoms with Crippen LogP contribution in [0.4, 0.5) is 0 Å². The van der Waals surface area contributed by atoms with Gasteiger partial charge in [0.25, 0.3) is 5.91 Å². The molecule has 0 bridgehead atoms. The first-order valence-corrected chi connectivity index (χ1v) is 11.6. The number of hydrogen-bond acceptors (Lipinski definition) is 7. The number of hydrogen-bond donors (Lipinski definition) is 4. The maximum absolute atomic E-state index is 13.2. The van der Waals surface area contributed by atoms with Gasteiger partial charge >= 0.3 is 0 Å². The molecule has 0 saturated carbocycles.